The fraction of sp³-hybridized carbons (Fsp3) is 0.0714. The first-order chi connectivity index (χ1) is 9.06. The Kier molecular flexibility index (Phi) is 2.75. The van der Waals surface area contributed by atoms with Crippen molar-refractivity contribution in [2.24, 2.45) is 0 Å². The Morgan fingerprint density at radius 1 is 1.16 bits per heavy atom. The summed E-state index contributed by atoms with van der Waals surface area (Å²) in [5, 5.41) is 0.613. The van der Waals surface area contributed by atoms with Crippen LogP contribution in [0.1, 0.15) is 5.69 Å². The van der Waals surface area contributed by atoms with Crippen LogP contribution in [0.25, 0.3) is 16.9 Å². The van der Waals surface area contributed by atoms with Crippen LogP contribution in [0.4, 0.5) is 8.78 Å². The lowest BCUT2D eigenvalue weighted by atomic mass is 10.1. The topological polar surface area (TPSA) is 17.3 Å². The van der Waals surface area contributed by atoms with Crippen molar-refractivity contribution in [1.82, 2.24) is 9.38 Å². The Hall–Kier alpha value is -1.94. The number of benzene rings is 1. The SMILES string of the molecule is Cc1c(-c2ccc(Cl)cc2)nc2c(F)cc(F)cn12. The van der Waals surface area contributed by atoms with E-state index in [2.05, 4.69) is 4.98 Å². The van der Waals surface area contributed by atoms with Gasteiger partial charge in [-0.25, -0.2) is 13.8 Å². The van der Waals surface area contributed by atoms with E-state index in [1.54, 1.807) is 31.2 Å². The molecule has 2 aromatic heterocycles. The van der Waals surface area contributed by atoms with Gasteiger partial charge in [-0.1, -0.05) is 23.7 Å². The molecule has 96 valence electrons. The second-order valence-corrected chi connectivity index (χ2v) is 4.69. The van der Waals surface area contributed by atoms with Crippen molar-refractivity contribution >= 4 is 17.2 Å². The molecule has 0 unspecified atom stereocenters. The standard InChI is InChI=1S/C14H9ClF2N2/c1-8-13(9-2-4-10(15)5-3-9)18-14-12(17)6-11(16)7-19(8)14/h2-7H,1H3. The lowest BCUT2D eigenvalue weighted by Crippen LogP contribution is -1.92. The zero-order valence-corrected chi connectivity index (χ0v) is 10.7. The van der Waals surface area contributed by atoms with E-state index >= 15 is 0 Å². The van der Waals surface area contributed by atoms with Crippen LogP contribution in [0.5, 0.6) is 0 Å². The number of halogens is 3. The Labute approximate surface area is 113 Å². The van der Waals surface area contributed by atoms with Gasteiger partial charge in [0, 0.05) is 28.5 Å². The van der Waals surface area contributed by atoms with Gasteiger partial charge in [0.15, 0.2) is 11.5 Å². The molecular formula is C14H9ClF2N2. The van der Waals surface area contributed by atoms with Crippen molar-refractivity contribution in [1.29, 1.82) is 0 Å². The van der Waals surface area contributed by atoms with Gasteiger partial charge >= 0.3 is 0 Å². The summed E-state index contributed by atoms with van der Waals surface area (Å²) in [7, 11) is 0. The largest absolute Gasteiger partial charge is 0.298 e. The molecule has 0 aliphatic carbocycles. The number of rotatable bonds is 1. The van der Waals surface area contributed by atoms with Crippen LogP contribution in [0.2, 0.25) is 5.02 Å². The summed E-state index contributed by atoms with van der Waals surface area (Å²) in [4.78, 5) is 4.23. The van der Waals surface area contributed by atoms with E-state index in [0.717, 1.165) is 11.6 Å². The highest BCUT2D eigenvalue weighted by molar-refractivity contribution is 6.30. The fourth-order valence-electron chi connectivity index (χ4n) is 2.07. The van der Waals surface area contributed by atoms with Crippen molar-refractivity contribution in [2.45, 2.75) is 6.92 Å². The molecule has 0 aliphatic heterocycles. The highest BCUT2D eigenvalue weighted by atomic mass is 35.5. The van der Waals surface area contributed by atoms with Crippen molar-refractivity contribution in [3.63, 3.8) is 0 Å². The van der Waals surface area contributed by atoms with Gasteiger partial charge < -0.3 is 0 Å². The van der Waals surface area contributed by atoms with Crippen molar-refractivity contribution in [3.8, 4) is 11.3 Å². The average molecular weight is 279 g/mol. The normalized spacial score (nSPS) is 11.2. The third-order valence-corrected chi connectivity index (χ3v) is 3.25. The summed E-state index contributed by atoms with van der Waals surface area (Å²) in [6, 6.07) is 7.89. The van der Waals surface area contributed by atoms with E-state index in [0.29, 0.717) is 16.4 Å². The summed E-state index contributed by atoms with van der Waals surface area (Å²) >= 11 is 5.83. The number of imidazole rings is 1. The first kappa shape index (κ1) is 12.1. The number of pyridine rings is 1. The summed E-state index contributed by atoms with van der Waals surface area (Å²) in [5.41, 5.74) is 2.21. The zero-order chi connectivity index (χ0) is 13.6. The molecule has 0 fully saturated rings. The zero-order valence-electron chi connectivity index (χ0n) is 9.99. The average Bonchev–Trinajstić information content (AvgIpc) is 2.69. The molecule has 0 N–H and O–H groups in total. The van der Waals surface area contributed by atoms with Crippen molar-refractivity contribution in [2.75, 3.05) is 0 Å². The highest BCUT2D eigenvalue weighted by Gasteiger charge is 2.14. The molecule has 2 heterocycles. The number of aryl methyl sites for hydroxylation is 1. The maximum absolute atomic E-state index is 13.7. The van der Waals surface area contributed by atoms with Crippen molar-refractivity contribution < 1.29 is 8.78 Å². The molecule has 0 aliphatic rings. The monoisotopic (exact) mass is 278 g/mol. The Morgan fingerprint density at radius 3 is 2.53 bits per heavy atom. The predicted octanol–water partition coefficient (Wildman–Crippen LogP) is 4.24. The summed E-state index contributed by atoms with van der Waals surface area (Å²) < 4.78 is 28.3. The molecule has 0 amide bonds. The van der Waals surface area contributed by atoms with Crippen LogP contribution in [0.15, 0.2) is 36.5 Å². The smallest absolute Gasteiger partial charge is 0.174 e. The van der Waals surface area contributed by atoms with Gasteiger partial charge in [0.25, 0.3) is 0 Å². The van der Waals surface area contributed by atoms with Crippen LogP contribution in [-0.2, 0) is 0 Å². The molecule has 19 heavy (non-hydrogen) atoms. The molecular weight excluding hydrogens is 270 g/mol. The molecule has 0 radical (unpaired) electrons. The second-order valence-electron chi connectivity index (χ2n) is 4.25. The number of nitrogens with zero attached hydrogens (tertiary/aromatic N) is 2. The van der Waals surface area contributed by atoms with Gasteiger partial charge in [-0.15, -0.1) is 0 Å². The van der Waals surface area contributed by atoms with Crippen LogP contribution >= 0.6 is 11.6 Å². The fourth-order valence-corrected chi connectivity index (χ4v) is 2.19. The Morgan fingerprint density at radius 2 is 1.84 bits per heavy atom. The maximum Gasteiger partial charge on any atom is 0.174 e. The first-order valence-electron chi connectivity index (χ1n) is 5.66. The Bertz CT molecular complexity index is 763. The van der Waals surface area contributed by atoms with Gasteiger partial charge in [0.05, 0.1) is 5.69 Å². The van der Waals surface area contributed by atoms with E-state index in [1.807, 2.05) is 0 Å². The minimum absolute atomic E-state index is 0.115. The maximum atomic E-state index is 13.7. The van der Waals surface area contributed by atoms with E-state index in [4.69, 9.17) is 11.6 Å². The lowest BCUT2D eigenvalue weighted by Gasteiger charge is -2.00. The van der Waals surface area contributed by atoms with Gasteiger partial charge in [-0.05, 0) is 19.1 Å². The van der Waals surface area contributed by atoms with E-state index in [9.17, 15) is 8.78 Å². The van der Waals surface area contributed by atoms with E-state index in [-0.39, 0.29) is 5.65 Å². The molecule has 0 saturated carbocycles. The van der Waals surface area contributed by atoms with Crippen LogP contribution in [-0.4, -0.2) is 9.38 Å². The quantitative estimate of drug-likeness (QED) is 0.651. The summed E-state index contributed by atoms with van der Waals surface area (Å²) in [5.74, 6) is -1.31. The van der Waals surface area contributed by atoms with E-state index in [1.165, 1.54) is 10.6 Å². The first-order valence-corrected chi connectivity index (χ1v) is 6.03. The molecule has 3 aromatic rings. The third-order valence-electron chi connectivity index (χ3n) is 3.00. The highest BCUT2D eigenvalue weighted by Crippen LogP contribution is 2.26. The van der Waals surface area contributed by atoms with Crippen LogP contribution < -0.4 is 0 Å². The van der Waals surface area contributed by atoms with Gasteiger partial charge in [-0.3, -0.25) is 4.40 Å². The van der Waals surface area contributed by atoms with Crippen LogP contribution in [0, 0.1) is 18.6 Å². The molecule has 0 saturated heterocycles. The second kappa shape index (κ2) is 4.31. The predicted molar refractivity (Wildman–Crippen MR) is 70.3 cm³/mol. The number of hydrogen-bond acceptors (Lipinski definition) is 1. The van der Waals surface area contributed by atoms with Crippen LogP contribution in [0.3, 0.4) is 0 Å². The lowest BCUT2D eigenvalue weighted by molar-refractivity contribution is 0.576. The minimum atomic E-state index is -0.677. The van der Waals surface area contributed by atoms with Gasteiger partial charge in [0.2, 0.25) is 0 Å². The number of hydrogen-bond donors (Lipinski definition) is 0. The molecule has 1 aromatic carbocycles. The molecule has 0 spiro atoms. The number of aromatic nitrogens is 2. The molecule has 3 rings (SSSR count). The number of fused-ring (bicyclic) bond motifs is 1. The molecule has 2 nitrogen and oxygen atoms in total. The third kappa shape index (κ3) is 1.98. The van der Waals surface area contributed by atoms with Gasteiger partial charge in [-0.2, -0.15) is 0 Å². The minimum Gasteiger partial charge on any atom is -0.298 e. The summed E-state index contributed by atoms with van der Waals surface area (Å²) in [6.45, 7) is 1.77. The van der Waals surface area contributed by atoms with E-state index < -0.39 is 11.6 Å². The van der Waals surface area contributed by atoms with Gasteiger partial charge in [0.1, 0.15) is 5.82 Å². The molecule has 5 heteroatoms. The molecule has 0 atom stereocenters. The Balaban J connectivity index is 2.28. The molecule has 0 bridgehead atoms. The van der Waals surface area contributed by atoms with Crippen molar-refractivity contribution in [3.05, 3.63) is 58.9 Å². The summed E-state index contributed by atoms with van der Waals surface area (Å²) in [6.07, 6.45) is 1.22.